The number of rotatable bonds is 4. The third-order valence-corrected chi connectivity index (χ3v) is 3.73. The fourth-order valence-electron chi connectivity index (χ4n) is 2.59. The number of hydrogen-bond acceptors (Lipinski definition) is 4. The standard InChI is InChI=1S/C18H16FN3O3/c1-22-15-7-6-12(19)9-14(15)17(23)16(21-22)18(24)20-13-5-3-4-11(8-13)10-25-2/h3-9H,10H2,1-2H3,(H,20,24). The lowest BCUT2D eigenvalue weighted by Gasteiger charge is -2.09. The maximum absolute atomic E-state index is 13.5. The van der Waals surface area contributed by atoms with Gasteiger partial charge in [-0.2, -0.15) is 5.10 Å². The minimum absolute atomic E-state index is 0.107. The molecular weight excluding hydrogens is 325 g/mol. The Kier molecular flexibility index (Phi) is 4.58. The number of amides is 1. The van der Waals surface area contributed by atoms with Gasteiger partial charge in [-0.05, 0) is 35.9 Å². The Morgan fingerprint density at radius 3 is 2.84 bits per heavy atom. The summed E-state index contributed by atoms with van der Waals surface area (Å²) in [5, 5.41) is 6.78. The van der Waals surface area contributed by atoms with Crippen LogP contribution in [0, 0.1) is 5.82 Å². The normalized spacial score (nSPS) is 10.8. The number of carbonyl (C=O) groups is 1. The van der Waals surface area contributed by atoms with Crippen LogP contribution in [-0.2, 0) is 18.4 Å². The lowest BCUT2D eigenvalue weighted by molar-refractivity contribution is 0.101. The van der Waals surface area contributed by atoms with Crippen LogP contribution >= 0.6 is 0 Å². The molecule has 1 amide bonds. The van der Waals surface area contributed by atoms with Crippen molar-refractivity contribution < 1.29 is 13.9 Å². The quantitative estimate of drug-likeness (QED) is 0.791. The molecule has 0 saturated heterocycles. The lowest BCUT2D eigenvalue weighted by Crippen LogP contribution is -2.26. The highest BCUT2D eigenvalue weighted by molar-refractivity contribution is 6.04. The van der Waals surface area contributed by atoms with Crippen LogP contribution in [0.4, 0.5) is 10.1 Å². The number of anilines is 1. The summed E-state index contributed by atoms with van der Waals surface area (Å²) in [6, 6.07) is 10.9. The van der Waals surface area contributed by atoms with E-state index in [0.717, 1.165) is 11.6 Å². The fraction of sp³-hybridized carbons (Fsp3) is 0.167. The largest absolute Gasteiger partial charge is 0.380 e. The van der Waals surface area contributed by atoms with E-state index in [0.29, 0.717) is 17.8 Å². The van der Waals surface area contributed by atoms with Crippen molar-refractivity contribution in [3.05, 3.63) is 69.8 Å². The number of aryl methyl sites for hydroxylation is 1. The van der Waals surface area contributed by atoms with Crippen molar-refractivity contribution in [1.82, 2.24) is 9.78 Å². The highest BCUT2D eigenvalue weighted by Crippen LogP contribution is 2.14. The molecule has 128 valence electrons. The predicted octanol–water partition coefficient (Wildman–Crippen LogP) is 2.47. The minimum atomic E-state index is -0.652. The van der Waals surface area contributed by atoms with Gasteiger partial charge in [0.1, 0.15) is 5.82 Å². The van der Waals surface area contributed by atoms with E-state index in [1.54, 1.807) is 32.4 Å². The number of nitrogens with one attached hydrogen (secondary N) is 1. The molecule has 0 radical (unpaired) electrons. The van der Waals surface area contributed by atoms with Gasteiger partial charge in [0.25, 0.3) is 5.91 Å². The molecule has 3 rings (SSSR count). The van der Waals surface area contributed by atoms with Crippen molar-refractivity contribution >= 4 is 22.5 Å². The molecule has 3 aromatic rings. The van der Waals surface area contributed by atoms with Gasteiger partial charge in [0.2, 0.25) is 5.43 Å². The Hall–Kier alpha value is -3.06. The second-order valence-corrected chi connectivity index (χ2v) is 5.55. The van der Waals surface area contributed by atoms with Crippen molar-refractivity contribution in [2.24, 2.45) is 7.05 Å². The molecule has 1 heterocycles. The number of ether oxygens (including phenoxy) is 1. The van der Waals surface area contributed by atoms with Crippen LogP contribution in [0.2, 0.25) is 0 Å². The molecule has 0 fully saturated rings. The molecule has 0 spiro atoms. The van der Waals surface area contributed by atoms with Crippen LogP contribution in [0.3, 0.4) is 0 Å². The smallest absolute Gasteiger partial charge is 0.280 e. The summed E-state index contributed by atoms with van der Waals surface area (Å²) in [7, 11) is 3.17. The molecule has 2 aromatic carbocycles. The summed E-state index contributed by atoms with van der Waals surface area (Å²) in [6.07, 6.45) is 0. The number of carbonyl (C=O) groups excluding carboxylic acids is 1. The van der Waals surface area contributed by atoms with Gasteiger partial charge >= 0.3 is 0 Å². The SMILES string of the molecule is COCc1cccc(NC(=O)c2nn(C)c3ccc(F)cc3c2=O)c1. The van der Waals surface area contributed by atoms with Gasteiger partial charge in [-0.15, -0.1) is 0 Å². The molecule has 1 aromatic heterocycles. The number of fused-ring (bicyclic) bond motifs is 1. The number of aromatic nitrogens is 2. The average molecular weight is 341 g/mol. The second kappa shape index (κ2) is 6.82. The summed E-state index contributed by atoms with van der Waals surface area (Å²) < 4.78 is 19.9. The molecule has 0 saturated carbocycles. The Balaban J connectivity index is 1.99. The van der Waals surface area contributed by atoms with E-state index in [9.17, 15) is 14.0 Å². The number of benzene rings is 2. The Morgan fingerprint density at radius 1 is 1.28 bits per heavy atom. The first-order chi connectivity index (χ1) is 12.0. The van der Waals surface area contributed by atoms with Crippen LogP contribution in [0.25, 0.3) is 10.9 Å². The topological polar surface area (TPSA) is 73.2 Å². The Labute approximate surface area is 142 Å². The molecule has 7 heteroatoms. The highest BCUT2D eigenvalue weighted by Gasteiger charge is 2.17. The van der Waals surface area contributed by atoms with Gasteiger partial charge in [-0.3, -0.25) is 14.3 Å². The summed E-state index contributed by atoms with van der Waals surface area (Å²) >= 11 is 0. The van der Waals surface area contributed by atoms with Crippen LogP contribution in [0.5, 0.6) is 0 Å². The minimum Gasteiger partial charge on any atom is -0.380 e. The van der Waals surface area contributed by atoms with E-state index in [-0.39, 0.29) is 11.1 Å². The van der Waals surface area contributed by atoms with Crippen LogP contribution in [0.1, 0.15) is 16.1 Å². The van der Waals surface area contributed by atoms with Crippen molar-refractivity contribution in [3.8, 4) is 0 Å². The summed E-state index contributed by atoms with van der Waals surface area (Å²) in [6.45, 7) is 0.402. The van der Waals surface area contributed by atoms with Gasteiger partial charge in [0.05, 0.1) is 17.5 Å². The van der Waals surface area contributed by atoms with Gasteiger partial charge in [-0.1, -0.05) is 12.1 Å². The fourth-order valence-corrected chi connectivity index (χ4v) is 2.59. The maximum Gasteiger partial charge on any atom is 0.280 e. The third-order valence-electron chi connectivity index (χ3n) is 3.73. The molecule has 0 bridgehead atoms. The van der Waals surface area contributed by atoms with E-state index >= 15 is 0 Å². The molecule has 25 heavy (non-hydrogen) atoms. The number of halogens is 1. The predicted molar refractivity (Wildman–Crippen MR) is 92.1 cm³/mol. The van der Waals surface area contributed by atoms with Crippen LogP contribution < -0.4 is 10.7 Å². The molecule has 0 unspecified atom stereocenters. The van der Waals surface area contributed by atoms with E-state index in [4.69, 9.17) is 4.74 Å². The zero-order chi connectivity index (χ0) is 18.0. The van der Waals surface area contributed by atoms with E-state index in [1.165, 1.54) is 16.8 Å². The average Bonchev–Trinajstić information content (AvgIpc) is 2.58. The van der Waals surface area contributed by atoms with Crippen LogP contribution in [-0.4, -0.2) is 22.8 Å². The van der Waals surface area contributed by atoms with E-state index < -0.39 is 17.2 Å². The number of methoxy groups -OCH3 is 1. The molecule has 0 atom stereocenters. The van der Waals surface area contributed by atoms with E-state index in [2.05, 4.69) is 10.4 Å². The highest BCUT2D eigenvalue weighted by atomic mass is 19.1. The first-order valence-electron chi connectivity index (χ1n) is 7.55. The molecule has 0 aliphatic carbocycles. The van der Waals surface area contributed by atoms with E-state index in [1.807, 2.05) is 6.07 Å². The third kappa shape index (κ3) is 3.41. The van der Waals surface area contributed by atoms with Gasteiger partial charge in [0, 0.05) is 19.8 Å². The second-order valence-electron chi connectivity index (χ2n) is 5.55. The molecular formula is C18H16FN3O3. The number of nitrogens with zero attached hydrogens (tertiary/aromatic N) is 2. The Morgan fingerprint density at radius 2 is 2.08 bits per heavy atom. The lowest BCUT2D eigenvalue weighted by atomic mass is 10.1. The van der Waals surface area contributed by atoms with Crippen molar-refractivity contribution in [2.45, 2.75) is 6.61 Å². The summed E-state index contributed by atoms with van der Waals surface area (Å²) in [5.74, 6) is -1.20. The Bertz CT molecular complexity index is 1010. The zero-order valence-electron chi connectivity index (χ0n) is 13.7. The monoisotopic (exact) mass is 341 g/mol. The summed E-state index contributed by atoms with van der Waals surface area (Å²) in [4.78, 5) is 25.0. The molecule has 1 N–H and O–H groups in total. The van der Waals surface area contributed by atoms with Crippen molar-refractivity contribution in [1.29, 1.82) is 0 Å². The van der Waals surface area contributed by atoms with Crippen molar-refractivity contribution in [3.63, 3.8) is 0 Å². The zero-order valence-corrected chi connectivity index (χ0v) is 13.7. The molecule has 6 nitrogen and oxygen atoms in total. The van der Waals surface area contributed by atoms with Gasteiger partial charge in [0.15, 0.2) is 5.69 Å². The molecule has 0 aliphatic heterocycles. The van der Waals surface area contributed by atoms with Gasteiger partial charge in [-0.25, -0.2) is 4.39 Å². The van der Waals surface area contributed by atoms with Gasteiger partial charge < -0.3 is 10.1 Å². The number of hydrogen-bond donors (Lipinski definition) is 1. The van der Waals surface area contributed by atoms with Crippen molar-refractivity contribution in [2.75, 3.05) is 12.4 Å². The maximum atomic E-state index is 13.5. The first-order valence-corrected chi connectivity index (χ1v) is 7.55. The first kappa shape index (κ1) is 16.8. The van der Waals surface area contributed by atoms with Crippen LogP contribution in [0.15, 0.2) is 47.3 Å². The molecule has 0 aliphatic rings. The summed E-state index contributed by atoms with van der Waals surface area (Å²) in [5.41, 5.74) is 0.936.